The monoisotopic (exact) mass is 276 g/mol. The van der Waals surface area contributed by atoms with Crippen molar-refractivity contribution in [1.29, 1.82) is 5.26 Å². The summed E-state index contributed by atoms with van der Waals surface area (Å²) in [5.41, 5.74) is 1.90. The second kappa shape index (κ2) is 5.71. The molecule has 1 saturated heterocycles. The number of hydrogen-bond donors (Lipinski definition) is 0. The maximum absolute atomic E-state index is 9.94. The van der Waals surface area contributed by atoms with Crippen LogP contribution in [-0.4, -0.2) is 11.4 Å². The molecule has 0 N–H and O–H groups in total. The number of nitriles is 1. The SMILES string of the molecule is CC(c1ccccc1)N1CCCC1(C#N)c1ccccc1. The van der Waals surface area contributed by atoms with Gasteiger partial charge in [0.05, 0.1) is 6.07 Å². The third-order valence-corrected chi connectivity index (χ3v) is 4.61. The smallest absolute Gasteiger partial charge is 0.135 e. The van der Waals surface area contributed by atoms with E-state index < -0.39 is 5.54 Å². The van der Waals surface area contributed by atoms with Crippen molar-refractivity contribution in [1.82, 2.24) is 4.90 Å². The molecule has 106 valence electrons. The second-order valence-corrected chi connectivity index (χ2v) is 5.72. The van der Waals surface area contributed by atoms with E-state index in [1.807, 2.05) is 24.3 Å². The summed E-state index contributed by atoms with van der Waals surface area (Å²) in [4.78, 5) is 2.36. The molecule has 0 amide bonds. The first-order valence-electron chi connectivity index (χ1n) is 7.56. The maximum atomic E-state index is 9.94. The predicted octanol–water partition coefficient (Wildman–Crippen LogP) is 4.26. The minimum absolute atomic E-state index is 0.244. The largest absolute Gasteiger partial charge is 0.275 e. The summed E-state index contributed by atoms with van der Waals surface area (Å²) in [5.74, 6) is 0. The third kappa shape index (κ3) is 2.34. The van der Waals surface area contributed by atoms with Gasteiger partial charge in [0.15, 0.2) is 0 Å². The van der Waals surface area contributed by atoms with Crippen LogP contribution in [0.5, 0.6) is 0 Å². The van der Waals surface area contributed by atoms with Gasteiger partial charge in [-0.15, -0.1) is 0 Å². The topological polar surface area (TPSA) is 27.0 Å². The molecule has 2 aromatic rings. The van der Waals surface area contributed by atoms with E-state index >= 15 is 0 Å². The highest BCUT2D eigenvalue weighted by Crippen LogP contribution is 2.43. The van der Waals surface area contributed by atoms with E-state index in [2.05, 4.69) is 54.3 Å². The van der Waals surface area contributed by atoms with Crippen molar-refractivity contribution in [3.05, 3.63) is 71.8 Å². The fourth-order valence-corrected chi connectivity index (χ4v) is 3.48. The molecule has 2 aromatic carbocycles. The van der Waals surface area contributed by atoms with Gasteiger partial charge in [-0.05, 0) is 30.9 Å². The van der Waals surface area contributed by atoms with Crippen LogP contribution >= 0.6 is 0 Å². The molecule has 0 aromatic heterocycles. The van der Waals surface area contributed by atoms with E-state index in [9.17, 15) is 5.26 Å². The van der Waals surface area contributed by atoms with Crippen molar-refractivity contribution in [2.75, 3.05) is 6.54 Å². The summed E-state index contributed by atoms with van der Waals surface area (Å²) in [5, 5.41) is 9.94. The average Bonchev–Trinajstić information content (AvgIpc) is 3.01. The molecule has 2 heteroatoms. The highest BCUT2D eigenvalue weighted by molar-refractivity contribution is 5.34. The fourth-order valence-electron chi connectivity index (χ4n) is 3.48. The summed E-state index contributed by atoms with van der Waals surface area (Å²) in [6, 6.07) is 23.6. The van der Waals surface area contributed by atoms with Gasteiger partial charge in [-0.3, -0.25) is 4.90 Å². The summed E-state index contributed by atoms with van der Waals surface area (Å²) >= 11 is 0. The fraction of sp³-hybridized carbons (Fsp3) is 0.316. The molecule has 0 bridgehead atoms. The van der Waals surface area contributed by atoms with E-state index in [1.54, 1.807) is 0 Å². The Bertz CT molecular complexity index is 630. The molecule has 2 nitrogen and oxygen atoms in total. The van der Waals surface area contributed by atoms with Crippen LogP contribution in [0.3, 0.4) is 0 Å². The van der Waals surface area contributed by atoms with Gasteiger partial charge in [-0.2, -0.15) is 5.26 Å². The highest BCUT2D eigenvalue weighted by Gasteiger charge is 2.45. The first-order chi connectivity index (χ1) is 10.3. The van der Waals surface area contributed by atoms with Crippen LogP contribution in [0.25, 0.3) is 0 Å². The second-order valence-electron chi connectivity index (χ2n) is 5.72. The molecule has 1 fully saturated rings. The Morgan fingerprint density at radius 1 is 1.05 bits per heavy atom. The van der Waals surface area contributed by atoms with Crippen molar-refractivity contribution < 1.29 is 0 Å². The van der Waals surface area contributed by atoms with E-state index in [0.29, 0.717) is 0 Å². The Hall–Kier alpha value is -2.11. The van der Waals surface area contributed by atoms with Gasteiger partial charge in [0.1, 0.15) is 5.54 Å². The maximum Gasteiger partial charge on any atom is 0.135 e. The molecule has 0 aliphatic carbocycles. The van der Waals surface area contributed by atoms with Gasteiger partial charge in [-0.25, -0.2) is 0 Å². The molecule has 21 heavy (non-hydrogen) atoms. The van der Waals surface area contributed by atoms with E-state index in [1.165, 1.54) is 5.56 Å². The molecule has 0 radical (unpaired) electrons. The van der Waals surface area contributed by atoms with Crippen LogP contribution in [0.2, 0.25) is 0 Å². The van der Waals surface area contributed by atoms with Crippen LogP contribution in [0, 0.1) is 11.3 Å². The molecule has 0 spiro atoms. The Morgan fingerprint density at radius 3 is 2.29 bits per heavy atom. The van der Waals surface area contributed by atoms with Gasteiger partial charge in [0.2, 0.25) is 0 Å². The first kappa shape index (κ1) is 13.9. The third-order valence-electron chi connectivity index (χ3n) is 4.61. The van der Waals surface area contributed by atoms with Crippen molar-refractivity contribution in [2.24, 2.45) is 0 Å². The number of likely N-dealkylation sites (tertiary alicyclic amines) is 1. The minimum Gasteiger partial charge on any atom is -0.275 e. The van der Waals surface area contributed by atoms with E-state index in [0.717, 1.165) is 24.9 Å². The summed E-state index contributed by atoms with van der Waals surface area (Å²) in [6.07, 6.45) is 1.98. The zero-order valence-electron chi connectivity index (χ0n) is 12.4. The van der Waals surface area contributed by atoms with Gasteiger partial charge in [0, 0.05) is 12.6 Å². The van der Waals surface area contributed by atoms with Crippen molar-refractivity contribution in [2.45, 2.75) is 31.3 Å². The standard InChI is InChI=1S/C19H20N2/c1-16(17-9-4-2-5-10-17)21-14-8-13-19(21,15-20)18-11-6-3-7-12-18/h2-7,9-12,16H,8,13-14H2,1H3. The molecule has 1 aliphatic heterocycles. The Kier molecular flexibility index (Phi) is 3.77. The van der Waals surface area contributed by atoms with E-state index in [4.69, 9.17) is 0 Å². The normalized spacial score (nSPS) is 23.6. The number of benzene rings is 2. The Balaban J connectivity index is 2.00. The molecular formula is C19H20N2. The lowest BCUT2D eigenvalue weighted by molar-refractivity contribution is 0.139. The highest BCUT2D eigenvalue weighted by atomic mass is 15.2. The lowest BCUT2D eigenvalue weighted by Gasteiger charge is -2.37. The quantitative estimate of drug-likeness (QED) is 0.837. The Labute approximate surface area is 126 Å². The molecule has 2 unspecified atom stereocenters. The van der Waals surface area contributed by atoms with Gasteiger partial charge in [0.25, 0.3) is 0 Å². The zero-order chi connectivity index (χ0) is 14.7. The van der Waals surface area contributed by atoms with Crippen molar-refractivity contribution >= 4 is 0 Å². The summed E-state index contributed by atoms with van der Waals surface area (Å²) < 4.78 is 0. The average molecular weight is 276 g/mol. The predicted molar refractivity (Wildman–Crippen MR) is 84.5 cm³/mol. The lowest BCUT2D eigenvalue weighted by Crippen LogP contribution is -2.41. The van der Waals surface area contributed by atoms with Crippen LogP contribution in [0.4, 0.5) is 0 Å². The first-order valence-corrected chi connectivity index (χ1v) is 7.56. The van der Waals surface area contributed by atoms with Gasteiger partial charge < -0.3 is 0 Å². The summed E-state index contributed by atoms with van der Waals surface area (Å²) in [7, 11) is 0. The van der Waals surface area contributed by atoms with Gasteiger partial charge >= 0.3 is 0 Å². The molecule has 0 saturated carbocycles. The lowest BCUT2D eigenvalue weighted by atomic mass is 9.87. The molecule has 1 aliphatic rings. The summed E-state index contributed by atoms with van der Waals surface area (Å²) in [6.45, 7) is 3.17. The molecule has 3 rings (SSSR count). The molecular weight excluding hydrogens is 256 g/mol. The number of rotatable bonds is 3. The van der Waals surface area contributed by atoms with E-state index in [-0.39, 0.29) is 6.04 Å². The Morgan fingerprint density at radius 2 is 1.67 bits per heavy atom. The van der Waals surface area contributed by atoms with Gasteiger partial charge in [-0.1, -0.05) is 60.7 Å². The van der Waals surface area contributed by atoms with Crippen LogP contribution in [-0.2, 0) is 5.54 Å². The number of nitrogens with zero attached hydrogens (tertiary/aromatic N) is 2. The van der Waals surface area contributed by atoms with Crippen molar-refractivity contribution in [3.63, 3.8) is 0 Å². The van der Waals surface area contributed by atoms with Crippen molar-refractivity contribution in [3.8, 4) is 6.07 Å². The minimum atomic E-state index is -0.490. The molecule has 1 heterocycles. The molecule has 2 atom stereocenters. The van der Waals surface area contributed by atoms with Crippen LogP contribution in [0.1, 0.15) is 36.9 Å². The van der Waals surface area contributed by atoms with Crippen LogP contribution in [0.15, 0.2) is 60.7 Å². The number of hydrogen-bond acceptors (Lipinski definition) is 2. The van der Waals surface area contributed by atoms with Crippen LogP contribution < -0.4 is 0 Å². The zero-order valence-corrected chi connectivity index (χ0v) is 12.4.